The number of piperidine rings is 1. The molecule has 7 rings (SSSR count). The zero-order valence-corrected chi connectivity index (χ0v) is 23.3. The molecule has 14 heteroatoms. The minimum atomic E-state index is -3.78. The Bertz CT molecular complexity index is 1930. The molecule has 3 N–H and O–H groups in total. The van der Waals surface area contributed by atoms with Crippen LogP contribution in [0.2, 0.25) is 0 Å². The normalized spacial score (nSPS) is 20.3. The van der Waals surface area contributed by atoms with E-state index in [0.29, 0.717) is 46.6 Å². The van der Waals surface area contributed by atoms with Crippen LogP contribution < -0.4 is 5.73 Å². The number of aromatic nitrogens is 7. The van der Waals surface area contributed by atoms with E-state index in [9.17, 15) is 17.6 Å². The number of aromatic amines is 1. The number of nitrogens with one attached hydrogen (secondary N) is 1. The third-order valence-electron chi connectivity index (χ3n) is 8.25. The predicted octanol–water partition coefficient (Wildman–Crippen LogP) is 3.25. The number of halogens is 1. The number of nitrogens with two attached hydrogens (primary N) is 1. The van der Waals surface area contributed by atoms with Crippen LogP contribution in [0.3, 0.4) is 0 Å². The van der Waals surface area contributed by atoms with Gasteiger partial charge in [-0.2, -0.15) is 25.0 Å². The first-order chi connectivity index (χ1) is 20.2. The maximum atomic E-state index is 14.3. The molecule has 5 aromatic rings. The quantitative estimate of drug-likeness (QED) is 0.314. The molecule has 0 saturated carbocycles. The first kappa shape index (κ1) is 26.2. The van der Waals surface area contributed by atoms with Gasteiger partial charge in [-0.05, 0) is 43.9 Å². The van der Waals surface area contributed by atoms with E-state index >= 15 is 0 Å². The van der Waals surface area contributed by atoms with Gasteiger partial charge in [0.1, 0.15) is 16.5 Å². The largest absolute Gasteiger partial charge is 0.382 e. The van der Waals surface area contributed by atoms with Gasteiger partial charge in [0, 0.05) is 47.1 Å². The van der Waals surface area contributed by atoms with Gasteiger partial charge in [-0.25, -0.2) is 17.8 Å². The van der Waals surface area contributed by atoms with Crippen molar-refractivity contribution in [1.29, 1.82) is 0 Å². The summed E-state index contributed by atoms with van der Waals surface area (Å²) in [6.45, 7) is 0. The second-order valence-corrected chi connectivity index (χ2v) is 12.8. The topological polar surface area (TPSA) is 165 Å². The van der Waals surface area contributed by atoms with Gasteiger partial charge in [0.05, 0.1) is 23.8 Å². The maximum Gasteiger partial charge on any atom is 0.276 e. The number of nitrogens with zero attached hydrogens (tertiary/aromatic N) is 7. The molecule has 42 heavy (non-hydrogen) atoms. The first-order valence-corrected chi connectivity index (χ1v) is 15.4. The molecule has 2 saturated heterocycles. The Morgan fingerprint density at radius 3 is 2.45 bits per heavy atom. The summed E-state index contributed by atoms with van der Waals surface area (Å²) in [5.41, 5.74) is 9.65. The van der Waals surface area contributed by atoms with Gasteiger partial charge in [-0.3, -0.25) is 9.78 Å². The lowest BCUT2D eigenvalue weighted by Gasteiger charge is -2.38. The second-order valence-electron chi connectivity index (χ2n) is 10.8. The molecule has 1 amide bonds. The third kappa shape index (κ3) is 4.21. The molecule has 12 nitrogen and oxygen atoms in total. The number of nitrogen functional groups attached to an aromatic ring is 1. The van der Waals surface area contributed by atoms with Gasteiger partial charge in [-0.1, -0.05) is 18.2 Å². The lowest BCUT2D eigenvalue weighted by molar-refractivity contribution is 0.0562. The molecule has 2 aliphatic rings. The summed E-state index contributed by atoms with van der Waals surface area (Å²) in [5, 5.41) is 14.6. The Hall–Kier alpha value is -4.72. The molecule has 4 aromatic heterocycles. The summed E-state index contributed by atoms with van der Waals surface area (Å²) >= 11 is 0. The molecule has 0 spiro atoms. The summed E-state index contributed by atoms with van der Waals surface area (Å²) in [6, 6.07) is 9.72. The fourth-order valence-corrected chi connectivity index (χ4v) is 7.49. The second kappa shape index (κ2) is 9.69. The molecule has 214 valence electrons. The van der Waals surface area contributed by atoms with Crippen LogP contribution >= 0.6 is 0 Å². The summed E-state index contributed by atoms with van der Waals surface area (Å²) in [5.74, 6) is -0.826. The third-order valence-corrected chi connectivity index (χ3v) is 9.41. The molecule has 2 aliphatic heterocycles. The van der Waals surface area contributed by atoms with Gasteiger partial charge in [0.2, 0.25) is 0 Å². The van der Waals surface area contributed by atoms with Crippen LogP contribution in [0.5, 0.6) is 0 Å². The summed E-state index contributed by atoms with van der Waals surface area (Å²) in [4.78, 5) is 24.3. The van der Waals surface area contributed by atoms with Crippen molar-refractivity contribution in [3.63, 3.8) is 0 Å². The van der Waals surface area contributed by atoms with E-state index in [4.69, 9.17) is 10.7 Å². The van der Waals surface area contributed by atoms with E-state index < -0.39 is 9.84 Å². The zero-order valence-electron chi connectivity index (χ0n) is 22.5. The predicted molar refractivity (Wildman–Crippen MR) is 150 cm³/mol. The minimum Gasteiger partial charge on any atom is -0.382 e. The number of pyridine rings is 1. The van der Waals surface area contributed by atoms with Gasteiger partial charge < -0.3 is 10.6 Å². The smallest absolute Gasteiger partial charge is 0.276 e. The average molecular weight is 588 g/mol. The first-order valence-electron chi connectivity index (χ1n) is 13.5. The van der Waals surface area contributed by atoms with Gasteiger partial charge >= 0.3 is 0 Å². The van der Waals surface area contributed by atoms with E-state index in [1.165, 1.54) is 16.8 Å². The Morgan fingerprint density at radius 1 is 1.05 bits per heavy atom. The van der Waals surface area contributed by atoms with Crippen molar-refractivity contribution >= 4 is 27.2 Å². The molecule has 1 aromatic carbocycles. The van der Waals surface area contributed by atoms with E-state index in [0.717, 1.165) is 19.1 Å². The molecule has 3 atom stereocenters. The maximum absolute atomic E-state index is 14.3. The number of fused-ring (bicyclic) bond motifs is 3. The molecule has 0 radical (unpaired) electrons. The number of anilines is 1. The number of benzene rings is 1. The Labute approximate surface area is 239 Å². The summed E-state index contributed by atoms with van der Waals surface area (Å²) in [6.07, 6.45) is 8.37. The lowest BCUT2D eigenvalue weighted by Crippen LogP contribution is -2.46. The van der Waals surface area contributed by atoms with E-state index in [-0.39, 0.29) is 46.1 Å². The minimum absolute atomic E-state index is 0.0202. The molecular formula is C28H26FN9O3S. The van der Waals surface area contributed by atoms with Crippen LogP contribution in [-0.4, -0.2) is 72.6 Å². The van der Waals surface area contributed by atoms with E-state index in [2.05, 4.69) is 25.5 Å². The summed E-state index contributed by atoms with van der Waals surface area (Å²) < 4.78 is 41.8. The molecule has 6 heterocycles. The van der Waals surface area contributed by atoms with Crippen LogP contribution in [-0.2, 0) is 9.84 Å². The monoisotopic (exact) mass is 587 g/mol. The van der Waals surface area contributed by atoms with Crippen LogP contribution in [0.4, 0.5) is 10.2 Å². The fourth-order valence-electron chi connectivity index (χ4n) is 6.43. The molecule has 2 fully saturated rings. The molecule has 2 bridgehead atoms. The molecular weight excluding hydrogens is 561 g/mol. The highest BCUT2D eigenvalue weighted by molar-refractivity contribution is 7.91. The average Bonchev–Trinajstić information content (AvgIpc) is 3.71. The van der Waals surface area contributed by atoms with Crippen LogP contribution in [0, 0.1) is 5.82 Å². The number of hydrogen-bond acceptors (Lipinski definition) is 9. The standard InChI is InChI=1S/C28H26FN9O3S/c1-42(40,41)25-24(16-10-17-7-8-18(11-16)37(17)28(39)23-14-32-36-35-23)34-27-20(13-33-38(27)26(25)30)15-6-9-22(31-12-15)19-4-2-3-5-21(19)29/h2-6,9,12-14,16-18H,7-8,10-11,30H2,1H3,(H,32,35,36)/t16-,17+,18-. The molecule has 0 aliphatic carbocycles. The van der Waals surface area contributed by atoms with Crippen molar-refractivity contribution < 1.29 is 17.6 Å². The Balaban J connectivity index is 1.28. The number of carbonyl (C=O) groups excluding carboxylic acids is 1. The van der Waals surface area contributed by atoms with Crippen molar-refractivity contribution in [1.82, 2.24) is 39.9 Å². The van der Waals surface area contributed by atoms with Crippen molar-refractivity contribution in [3.05, 3.63) is 72.2 Å². The van der Waals surface area contributed by atoms with Crippen LogP contribution in [0.15, 0.2) is 59.9 Å². The van der Waals surface area contributed by atoms with E-state index in [1.807, 2.05) is 4.90 Å². The highest BCUT2D eigenvalue weighted by Gasteiger charge is 2.46. The van der Waals surface area contributed by atoms with E-state index in [1.54, 1.807) is 42.7 Å². The Kier molecular flexibility index (Phi) is 6.04. The van der Waals surface area contributed by atoms with Gasteiger partial charge in [0.15, 0.2) is 21.2 Å². The van der Waals surface area contributed by atoms with Crippen molar-refractivity contribution in [3.8, 4) is 22.4 Å². The number of H-pyrrole nitrogens is 1. The molecule has 0 unspecified atom stereocenters. The number of sulfone groups is 1. The number of carbonyl (C=O) groups is 1. The van der Waals surface area contributed by atoms with Crippen molar-refractivity contribution in [2.75, 3.05) is 12.0 Å². The van der Waals surface area contributed by atoms with Gasteiger partial charge in [-0.15, -0.1) is 0 Å². The van der Waals surface area contributed by atoms with Crippen molar-refractivity contribution in [2.24, 2.45) is 0 Å². The Morgan fingerprint density at radius 2 is 1.81 bits per heavy atom. The summed E-state index contributed by atoms with van der Waals surface area (Å²) in [7, 11) is -3.78. The lowest BCUT2D eigenvalue weighted by atomic mass is 9.87. The highest BCUT2D eigenvalue weighted by atomic mass is 32.2. The highest BCUT2D eigenvalue weighted by Crippen LogP contribution is 2.45. The fraction of sp³-hybridized carbons (Fsp3) is 0.286. The zero-order chi connectivity index (χ0) is 29.2. The van der Waals surface area contributed by atoms with Gasteiger partial charge in [0.25, 0.3) is 5.91 Å². The number of rotatable bonds is 5. The SMILES string of the molecule is CS(=O)(=O)c1c([C@H]2C[C@H]3CC[C@@H](C2)N3C(=O)c2cn[nH]n2)nc2c(-c3ccc(-c4ccccc4F)nc3)cnn2c1N. The van der Waals surface area contributed by atoms with Crippen LogP contribution in [0.25, 0.3) is 28.0 Å². The number of hydrogen-bond donors (Lipinski definition) is 2. The number of amides is 1. The van der Waals surface area contributed by atoms with Crippen LogP contribution in [0.1, 0.15) is 47.8 Å². The van der Waals surface area contributed by atoms with Crippen molar-refractivity contribution in [2.45, 2.75) is 48.6 Å².